The van der Waals surface area contributed by atoms with E-state index in [0.717, 1.165) is 17.2 Å². The van der Waals surface area contributed by atoms with E-state index in [1.54, 1.807) is 0 Å². The molecule has 13 heteroatoms. The fourth-order valence-electron chi connectivity index (χ4n) is 2.92. The molecule has 2 amide bonds. The Labute approximate surface area is 175 Å². The van der Waals surface area contributed by atoms with Crippen LogP contribution in [0, 0.1) is 0 Å². The van der Waals surface area contributed by atoms with Crippen LogP contribution in [0.2, 0.25) is 0 Å². The Balaban J connectivity index is 2.30. The van der Waals surface area contributed by atoms with Gasteiger partial charge in [-0.2, -0.15) is 13.2 Å². The van der Waals surface area contributed by atoms with Crippen LogP contribution >= 0.6 is 0 Å². The number of aryl methyl sites for hydroxylation is 1. The smallest absolute Gasteiger partial charge is 0.341 e. The maximum atomic E-state index is 13.0. The number of alkyl halides is 3. The number of nitrogens with zero attached hydrogens (tertiary/aromatic N) is 5. The average molecular weight is 456 g/mol. The standard InChI is InChI=1S/C18H19F3N6O3S/c1-5-31(29,30)12-6-7-14(27(4)17(28)22-2)25-15(12)16-24-10-8-13(18(19,20)21)23-9-11(10)26(16)3/h6-9H,5H2,1-4H3,(H,22,28). The highest BCUT2D eigenvalue weighted by Gasteiger charge is 2.33. The van der Waals surface area contributed by atoms with Crippen molar-refractivity contribution in [3.63, 3.8) is 0 Å². The van der Waals surface area contributed by atoms with Crippen LogP contribution in [0.3, 0.4) is 0 Å². The van der Waals surface area contributed by atoms with Gasteiger partial charge in [0.2, 0.25) is 0 Å². The molecule has 1 N–H and O–H groups in total. The molecule has 0 bridgehead atoms. The number of hydrogen-bond acceptors (Lipinski definition) is 6. The van der Waals surface area contributed by atoms with Crippen LogP contribution in [0.4, 0.5) is 23.8 Å². The summed E-state index contributed by atoms with van der Waals surface area (Å²) < 4.78 is 65.8. The summed E-state index contributed by atoms with van der Waals surface area (Å²) in [4.78, 5) is 24.9. The van der Waals surface area contributed by atoms with Crippen LogP contribution in [0.5, 0.6) is 0 Å². The summed E-state index contributed by atoms with van der Waals surface area (Å²) in [6.07, 6.45) is -3.64. The van der Waals surface area contributed by atoms with Gasteiger partial charge in [-0.1, -0.05) is 6.92 Å². The molecule has 0 aliphatic heterocycles. The summed E-state index contributed by atoms with van der Waals surface area (Å²) >= 11 is 0. The van der Waals surface area contributed by atoms with E-state index in [1.807, 2.05) is 0 Å². The van der Waals surface area contributed by atoms with Crippen molar-refractivity contribution in [2.24, 2.45) is 7.05 Å². The molecule has 9 nitrogen and oxygen atoms in total. The van der Waals surface area contributed by atoms with Crippen molar-refractivity contribution in [1.82, 2.24) is 24.8 Å². The topological polar surface area (TPSA) is 110 Å². The van der Waals surface area contributed by atoms with Gasteiger partial charge in [-0.3, -0.25) is 4.90 Å². The molecule has 0 fully saturated rings. The second-order valence-corrected chi connectivity index (χ2v) is 8.83. The molecule has 3 aromatic heterocycles. The van der Waals surface area contributed by atoms with E-state index in [9.17, 15) is 26.4 Å². The number of anilines is 1. The molecular weight excluding hydrogens is 437 g/mol. The normalized spacial score (nSPS) is 12.2. The zero-order valence-corrected chi connectivity index (χ0v) is 17.8. The van der Waals surface area contributed by atoms with Gasteiger partial charge < -0.3 is 9.88 Å². The highest BCUT2D eigenvalue weighted by Crippen LogP contribution is 2.33. The van der Waals surface area contributed by atoms with E-state index in [4.69, 9.17) is 0 Å². The van der Waals surface area contributed by atoms with Crippen molar-refractivity contribution < 1.29 is 26.4 Å². The van der Waals surface area contributed by atoms with Gasteiger partial charge in [0.15, 0.2) is 15.7 Å². The number of hydrogen-bond donors (Lipinski definition) is 1. The molecule has 0 unspecified atom stereocenters. The number of halogens is 3. The fraction of sp³-hybridized carbons (Fsp3) is 0.333. The third-order valence-electron chi connectivity index (χ3n) is 4.69. The van der Waals surface area contributed by atoms with Crippen molar-refractivity contribution in [2.45, 2.75) is 18.0 Å². The predicted molar refractivity (Wildman–Crippen MR) is 107 cm³/mol. The van der Waals surface area contributed by atoms with Crippen molar-refractivity contribution >= 4 is 32.7 Å². The zero-order valence-electron chi connectivity index (χ0n) is 17.0. The first-order valence-electron chi connectivity index (χ1n) is 9.00. The number of aromatic nitrogens is 4. The van der Waals surface area contributed by atoms with Gasteiger partial charge in [-0.15, -0.1) is 0 Å². The van der Waals surface area contributed by atoms with Crippen LogP contribution < -0.4 is 10.2 Å². The lowest BCUT2D eigenvalue weighted by molar-refractivity contribution is -0.141. The molecule has 0 aliphatic carbocycles. The Kier molecular flexibility index (Phi) is 5.65. The lowest BCUT2D eigenvalue weighted by Gasteiger charge is -2.18. The van der Waals surface area contributed by atoms with E-state index in [-0.39, 0.29) is 39.0 Å². The summed E-state index contributed by atoms with van der Waals surface area (Å²) in [7, 11) is 0.612. The molecule has 0 spiro atoms. The molecule has 31 heavy (non-hydrogen) atoms. The molecule has 0 radical (unpaired) electrons. The van der Waals surface area contributed by atoms with Gasteiger partial charge in [0.05, 0.1) is 27.9 Å². The molecule has 0 saturated carbocycles. The quantitative estimate of drug-likeness (QED) is 0.646. The largest absolute Gasteiger partial charge is 0.433 e. The highest BCUT2D eigenvalue weighted by atomic mass is 32.2. The van der Waals surface area contributed by atoms with E-state index >= 15 is 0 Å². The second-order valence-electron chi connectivity index (χ2n) is 6.58. The molecule has 3 rings (SSSR count). The van der Waals surface area contributed by atoms with Gasteiger partial charge >= 0.3 is 12.2 Å². The molecule has 0 saturated heterocycles. The number of amides is 2. The number of rotatable bonds is 4. The third-order valence-corrected chi connectivity index (χ3v) is 6.45. The minimum Gasteiger partial charge on any atom is -0.341 e. The lowest BCUT2D eigenvalue weighted by Crippen LogP contribution is -2.35. The predicted octanol–water partition coefficient (Wildman–Crippen LogP) is 2.62. The first kappa shape index (κ1) is 22.5. The van der Waals surface area contributed by atoms with E-state index < -0.39 is 27.7 Å². The maximum Gasteiger partial charge on any atom is 0.433 e. The van der Waals surface area contributed by atoms with Crippen LogP contribution in [0.15, 0.2) is 29.3 Å². The van der Waals surface area contributed by atoms with Gasteiger partial charge in [-0.05, 0) is 18.2 Å². The van der Waals surface area contributed by atoms with Gasteiger partial charge in [0, 0.05) is 21.1 Å². The Hall–Kier alpha value is -3.22. The summed E-state index contributed by atoms with van der Waals surface area (Å²) in [5.41, 5.74) is -0.962. The molecule has 0 aromatic carbocycles. The molecule has 0 atom stereocenters. The average Bonchev–Trinajstić information content (AvgIpc) is 3.07. The van der Waals surface area contributed by atoms with Gasteiger partial charge in [0.1, 0.15) is 17.2 Å². The van der Waals surface area contributed by atoms with Crippen LogP contribution in [-0.2, 0) is 23.1 Å². The first-order chi connectivity index (χ1) is 14.4. The number of nitrogens with one attached hydrogen (secondary N) is 1. The van der Waals surface area contributed by atoms with Crippen LogP contribution in [0.1, 0.15) is 12.6 Å². The Morgan fingerprint density at radius 2 is 1.94 bits per heavy atom. The Morgan fingerprint density at radius 3 is 2.52 bits per heavy atom. The summed E-state index contributed by atoms with van der Waals surface area (Å²) in [6.45, 7) is 1.46. The van der Waals surface area contributed by atoms with Crippen LogP contribution in [0.25, 0.3) is 22.6 Å². The zero-order chi connectivity index (χ0) is 23.1. The molecule has 0 aliphatic rings. The Morgan fingerprint density at radius 1 is 1.26 bits per heavy atom. The van der Waals surface area contributed by atoms with Gasteiger partial charge in [0.25, 0.3) is 0 Å². The number of carbonyl (C=O) groups is 1. The molecule has 3 heterocycles. The summed E-state index contributed by atoms with van der Waals surface area (Å²) in [5.74, 6) is -0.0726. The SMILES string of the molecule is CCS(=O)(=O)c1ccc(N(C)C(=O)NC)nc1-c1nc2cc(C(F)(F)F)ncc2n1C. The molecule has 3 aromatic rings. The fourth-order valence-corrected chi connectivity index (χ4v) is 3.93. The summed E-state index contributed by atoms with van der Waals surface area (Å²) in [5, 5.41) is 2.42. The number of urea groups is 1. The molecule has 166 valence electrons. The van der Waals surface area contributed by atoms with Crippen molar-refractivity contribution in [3.05, 3.63) is 30.1 Å². The van der Waals surface area contributed by atoms with E-state index in [0.29, 0.717) is 0 Å². The lowest BCUT2D eigenvalue weighted by atomic mass is 10.3. The number of sulfone groups is 1. The molecular formula is C18H19F3N6O3S. The maximum absolute atomic E-state index is 13.0. The Bertz CT molecular complexity index is 1270. The van der Waals surface area contributed by atoms with E-state index in [2.05, 4.69) is 20.3 Å². The second kappa shape index (κ2) is 7.80. The minimum atomic E-state index is -4.66. The minimum absolute atomic E-state index is 0.0217. The van der Waals surface area contributed by atoms with Crippen LogP contribution in [-0.4, -0.2) is 53.8 Å². The third kappa shape index (κ3) is 4.04. The van der Waals surface area contributed by atoms with Crippen molar-refractivity contribution in [1.29, 1.82) is 0 Å². The number of carbonyl (C=O) groups excluding carboxylic acids is 1. The van der Waals surface area contributed by atoms with Gasteiger partial charge in [-0.25, -0.2) is 28.2 Å². The first-order valence-corrected chi connectivity index (χ1v) is 10.6. The van der Waals surface area contributed by atoms with Crippen molar-refractivity contribution in [2.75, 3.05) is 24.7 Å². The van der Waals surface area contributed by atoms with E-state index in [1.165, 1.54) is 44.8 Å². The number of imidazole rings is 1. The van der Waals surface area contributed by atoms with Crippen molar-refractivity contribution in [3.8, 4) is 11.5 Å². The number of fused-ring (bicyclic) bond motifs is 1. The number of pyridine rings is 2. The summed E-state index contributed by atoms with van der Waals surface area (Å²) in [6, 6.07) is 2.96. The monoisotopic (exact) mass is 456 g/mol. The highest BCUT2D eigenvalue weighted by molar-refractivity contribution is 7.91.